The topological polar surface area (TPSA) is 79.5 Å². The number of benzene rings is 3. The SMILES string of the molecule is COc1ccccc1NC(=O)C(=O)Nc1ccc(Nc2ccccc2)cc1. The predicted molar refractivity (Wildman–Crippen MR) is 106 cm³/mol. The number of anilines is 4. The van der Waals surface area contributed by atoms with Crippen LogP contribution in [0.1, 0.15) is 0 Å². The van der Waals surface area contributed by atoms with Crippen LogP contribution in [-0.4, -0.2) is 18.9 Å². The van der Waals surface area contributed by atoms with Crippen molar-refractivity contribution in [2.45, 2.75) is 0 Å². The Labute approximate surface area is 157 Å². The van der Waals surface area contributed by atoms with Crippen LogP contribution in [0.25, 0.3) is 0 Å². The number of hydrogen-bond acceptors (Lipinski definition) is 4. The highest BCUT2D eigenvalue weighted by Crippen LogP contribution is 2.23. The molecule has 136 valence electrons. The molecule has 0 aliphatic carbocycles. The van der Waals surface area contributed by atoms with E-state index < -0.39 is 11.8 Å². The number of para-hydroxylation sites is 3. The van der Waals surface area contributed by atoms with Gasteiger partial charge in [0, 0.05) is 17.1 Å². The van der Waals surface area contributed by atoms with Gasteiger partial charge in [-0.05, 0) is 48.5 Å². The maximum Gasteiger partial charge on any atom is 0.314 e. The van der Waals surface area contributed by atoms with Gasteiger partial charge in [0.1, 0.15) is 5.75 Å². The molecule has 0 saturated heterocycles. The number of rotatable bonds is 5. The van der Waals surface area contributed by atoms with Gasteiger partial charge in [0.2, 0.25) is 0 Å². The molecule has 0 bridgehead atoms. The molecule has 3 N–H and O–H groups in total. The molecule has 0 saturated carbocycles. The van der Waals surface area contributed by atoms with Crippen LogP contribution in [0.3, 0.4) is 0 Å². The average Bonchev–Trinajstić information content (AvgIpc) is 2.70. The van der Waals surface area contributed by atoms with Gasteiger partial charge in [-0.25, -0.2) is 0 Å². The number of hydrogen-bond donors (Lipinski definition) is 3. The lowest BCUT2D eigenvalue weighted by Crippen LogP contribution is -2.29. The van der Waals surface area contributed by atoms with Crippen LogP contribution < -0.4 is 20.7 Å². The van der Waals surface area contributed by atoms with Gasteiger partial charge in [0.25, 0.3) is 0 Å². The quantitative estimate of drug-likeness (QED) is 0.600. The first-order valence-corrected chi connectivity index (χ1v) is 8.33. The smallest absolute Gasteiger partial charge is 0.314 e. The van der Waals surface area contributed by atoms with Gasteiger partial charge in [-0.2, -0.15) is 0 Å². The van der Waals surface area contributed by atoms with Gasteiger partial charge in [-0.3, -0.25) is 9.59 Å². The first-order chi connectivity index (χ1) is 13.2. The zero-order chi connectivity index (χ0) is 19.1. The minimum Gasteiger partial charge on any atom is -0.495 e. The highest BCUT2D eigenvalue weighted by atomic mass is 16.5. The molecule has 0 aliphatic heterocycles. The third kappa shape index (κ3) is 4.85. The Hall–Kier alpha value is -3.80. The Bertz CT molecular complexity index is 925. The third-order valence-corrected chi connectivity index (χ3v) is 3.77. The summed E-state index contributed by atoms with van der Waals surface area (Å²) in [6.45, 7) is 0. The Morgan fingerprint density at radius 2 is 1.22 bits per heavy atom. The molecular formula is C21H19N3O3. The van der Waals surface area contributed by atoms with Crippen molar-refractivity contribution in [1.82, 2.24) is 0 Å². The molecule has 0 radical (unpaired) electrons. The molecule has 0 fully saturated rings. The maximum atomic E-state index is 12.1. The van der Waals surface area contributed by atoms with Gasteiger partial charge in [-0.1, -0.05) is 30.3 Å². The highest BCUT2D eigenvalue weighted by molar-refractivity contribution is 6.43. The van der Waals surface area contributed by atoms with Crippen LogP contribution in [-0.2, 0) is 9.59 Å². The number of methoxy groups -OCH3 is 1. The van der Waals surface area contributed by atoms with Crippen LogP contribution in [0.15, 0.2) is 78.9 Å². The van der Waals surface area contributed by atoms with E-state index in [-0.39, 0.29) is 0 Å². The fourth-order valence-electron chi connectivity index (χ4n) is 2.44. The van der Waals surface area contributed by atoms with Crippen molar-refractivity contribution in [2.24, 2.45) is 0 Å². The summed E-state index contributed by atoms with van der Waals surface area (Å²) in [6, 6.07) is 23.7. The molecule has 3 aromatic rings. The van der Waals surface area contributed by atoms with Crippen LogP contribution in [0, 0.1) is 0 Å². The Morgan fingerprint density at radius 1 is 0.667 bits per heavy atom. The molecule has 0 heterocycles. The second-order valence-electron chi connectivity index (χ2n) is 5.68. The van der Waals surface area contributed by atoms with Gasteiger partial charge < -0.3 is 20.7 Å². The summed E-state index contributed by atoms with van der Waals surface area (Å²) < 4.78 is 5.15. The number of carbonyl (C=O) groups excluding carboxylic acids is 2. The van der Waals surface area contributed by atoms with E-state index in [1.807, 2.05) is 42.5 Å². The summed E-state index contributed by atoms with van der Waals surface area (Å²) in [5.74, 6) is -1.05. The fraction of sp³-hybridized carbons (Fsp3) is 0.0476. The van der Waals surface area contributed by atoms with Crippen LogP contribution >= 0.6 is 0 Å². The molecule has 0 aromatic heterocycles. The van der Waals surface area contributed by atoms with Crippen LogP contribution in [0.2, 0.25) is 0 Å². The van der Waals surface area contributed by atoms with E-state index in [4.69, 9.17) is 4.74 Å². The van der Waals surface area contributed by atoms with Crippen molar-refractivity contribution in [2.75, 3.05) is 23.1 Å². The first kappa shape index (κ1) is 18.0. The zero-order valence-electron chi connectivity index (χ0n) is 14.7. The van der Waals surface area contributed by atoms with E-state index in [2.05, 4.69) is 16.0 Å². The Morgan fingerprint density at radius 3 is 1.93 bits per heavy atom. The molecule has 3 rings (SSSR count). The number of amides is 2. The first-order valence-electron chi connectivity index (χ1n) is 8.33. The van der Waals surface area contributed by atoms with Crippen molar-refractivity contribution in [3.63, 3.8) is 0 Å². The van der Waals surface area contributed by atoms with E-state index in [0.717, 1.165) is 11.4 Å². The molecule has 0 atom stereocenters. The van der Waals surface area contributed by atoms with Crippen molar-refractivity contribution >= 4 is 34.6 Å². The predicted octanol–water partition coefficient (Wildman–Crippen LogP) is 4.02. The minimum absolute atomic E-state index is 0.433. The lowest BCUT2D eigenvalue weighted by Gasteiger charge is -2.10. The van der Waals surface area contributed by atoms with Gasteiger partial charge in [-0.15, -0.1) is 0 Å². The maximum absolute atomic E-state index is 12.1. The second kappa shape index (κ2) is 8.53. The number of nitrogens with one attached hydrogen (secondary N) is 3. The molecule has 6 nitrogen and oxygen atoms in total. The van der Waals surface area contributed by atoms with Crippen molar-refractivity contribution in [3.05, 3.63) is 78.9 Å². The lowest BCUT2D eigenvalue weighted by molar-refractivity contribution is -0.133. The van der Waals surface area contributed by atoms with Gasteiger partial charge >= 0.3 is 11.8 Å². The molecule has 0 spiro atoms. The molecule has 6 heteroatoms. The zero-order valence-corrected chi connectivity index (χ0v) is 14.7. The second-order valence-corrected chi connectivity index (χ2v) is 5.68. The largest absolute Gasteiger partial charge is 0.495 e. The summed E-state index contributed by atoms with van der Waals surface area (Å²) in [4.78, 5) is 24.2. The Balaban J connectivity index is 1.59. The average molecular weight is 361 g/mol. The van der Waals surface area contributed by atoms with Crippen LogP contribution in [0.4, 0.5) is 22.7 Å². The molecular weight excluding hydrogens is 342 g/mol. The lowest BCUT2D eigenvalue weighted by atomic mass is 10.2. The summed E-state index contributed by atoms with van der Waals surface area (Å²) in [7, 11) is 1.50. The standard InChI is InChI=1S/C21H19N3O3/c1-27-19-10-6-5-9-18(19)24-21(26)20(25)23-17-13-11-16(12-14-17)22-15-7-3-2-4-8-15/h2-14,22H,1H3,(H,23,25)(H,24,26). The number of carbonyl (C=O) groups is 2. The van der Waals surface area contributed by atoms with Crippen molar-refractivity contribution in [1.29, 1.82) is 0 Å². The minimum atomic E-state index is -0.772. The van der Waals surface area contributed by atoms with Gasteiger partial charge in [0.15, 0.2) is 0 Å². The fourth-order valence-corrected chi connectivity index (χ4v) is 2.44. The summed E-state index contributed by atoms with van der Waals surface area (Å²) in [5, 5.41) is 8.35. The van der Waals surface area contributed by atoms with Crippen molar-refractivity contribution in [3.8, 4) is 5.75 Å². The number of ether oxygens (including phenoxy) is 1. The van der Waals surface area contributed by atoms with E-state index in [0.29, 0.717) is 17.1 Å². The monoisotopic (exact) mass is 361 g/mol. The molecule has 2 amide bonds. The van der Waals surface area contributed by atoms with Crippen LogP contribution in [0.5, 0.6) is 5.75 Å². The third-order valence-electron chi connectivity index (χ3n) is 3.77. The molecule has 0 unspecified atom stereocenters. The van der Waals surface area contributed by atoms with E-state index in [1.54, 1.807) is 36.4 Å². The molecule has 27 heavy (non-hydrogen) atoms. The van der Waals surface area contributed by atoms with Gasteiger partial charge in [0.05, 0.1) is 12.8 Å². The summed E-state index contributed by atoms with van der Waals surface area (Å²) in [5.41, 5.74) is 2.79. The van der Waals surface area contributed by atoms with E-state index in [1.165, 1.54) is 7.11 Å². The normalized spacial score (nSPS) is 9.96. The van der Waals surface area contributed by atoms with Crippen molar-refractivity contribution < 1.29 is 14.3 Å². The Kier molecular flexibility index (Phi) is 5.69. The molecule has 0 aliphatic rings. The molecule has 3 aromatic carbocycles. The summed E-state index contributed by atoms with van der Waals surface area (Å²) >= 11 is 0. The highest BCUT2D eigenvalue weighted by Gasteiger charge is 2.15. The summed E-state index contributed by atoms with van der Waals surface area (Å²) in [6.07, 6.45) is 0. The van der Waals surface area contributed by atoms with E-state index in [9.17, 15) is 9.59 Å². The van der Waals surface area contributed by atoms with E-state index >= 15 is 0 Å².